The molecule has 0 aliphatic heterocycles. The first-order valence-electron chi connectivity index (χ1n) is 13.2. The van der Waals surface area contributed by atoms with Crippen LogP contribution in [0.5, 0.6) is 0 Å². The van der Waals surface area contributed by atoms with Gasteiger partial charge in [0.2, 0.25) is 0 Å². The van der Waals surface area contributed by atoms with E-state index in [1.54, 1.807) is 5.57 Å². The minimum atomic E-state index is 0.241. The van der Waals surface area contributed by atoms with E-state index in [1.165, 1.54) is 57.8 Å². The summed E-state index contributed by atoms with van der Waals surface area (Å²) in [6, 6.07) is 0. The Bertz CT molecular complexity index is 795. The van der Waals surface area contributed by atoms with Gasteiger partial charge in [-0.25, -0.2) is 0 Å². The van der Waals surface area contributed by atoms with Crippen LogP contribution in [-0.4, -0.2) is 0 Å². The summed E-state index contributed by atoms with van der Waals surface area (Å²) in [6.07, 6.45) is 20.6. The van der Waals surface area contributed by atoms with Crippen molar-refractivity contribution in [3.05, 3.63) is 23.8 Å². The largest absolute Gasteiger partial charge is 0.0868 e. The molecular formula is C30H48. The molecule has 0 saturated heterocycles. The van der Waals surface area contributed by atoms with Crippen molar-refractivity contribution >= 4 is 0 Å². The van der Waals surface area contributed by atoms with Crippen molar-refractivity contribution in [3.8, 4) is 0 Å². The molecule has 0 aromatic heterocycles. The summed E-state index contributed by atoms with van der Waals surface area (Å²) in [5.74, 6) is 2.72. The van der Waals surface area contributed by atoms with E-state index in [9.17, 15) is 0 Å². The van der Waals surface area contributed by atoms with Gasteiger partial charge in [-0.1, -0.05) is 79.2 Å². The lowest BCUT2D eigenvalue weighted by molar-refractivity contribution is -0.201. The van der Waals surface area contributed by atoms with Crippen molar-refractivity contribution in [2.24, 2.45) is 50.2 Å². The third kappa shape index (κ3) is 2.58. The monoisotopic (exact) mass is 408 g/mol. The predicted molar refractivity (Wildman–Crippen MR) is 129 cm³/mol. The summed E-state index contributed by atoms with van der Waals surface area (Å²) in [5.41, 5.74) is 4.49. The lowest BCUT2D eigenvalue weighted by Crippen LogP contribution is -2.63. The number of hydrogen-bond donors (Lipinski definition) is 0. The van der Waals surface area contributed by atoms with Gasteiger partial charge in [-0.3, -0.25) is 0 Å². The van der Waals surface area contributed by atoms with Crippen LogP contribution in [0.15, 0.2) is 23.8 Å². The standard InChI is InChI=1S/C30H48/c1-25(2)16-17-27(5)18-19-29(7)21(22(27)20-25)10-11-24-28(6)14-9-13-26(3,4)23(28)12-15-30(24,29)8/h9,12-13,21-22,24H,10-11,14-20H2,1-8H3/t21-,22-,24-,27-,28+,29-,30-/m1/s1. The molecule has 0 N–H and O–H groups in total. The number of rotatable bonds is 0. The summed E-state index contributed by atoms with van der Waals surface area (Å²) in [6.45, 7) is 20.8. The van der Waals surface area contributed by atoms with Gasteiger partial charge in [-0.05, 0) is 103 Å². The van der Waals surface area contributed by atoms with Crippen LogP contribution in [0.1, 0.15) is 113 Å². The van der Waals surface area contributed by atoms with Crippen LogP contribution in [0.4, 0.5) is 0 Å². The minimum Gasteiger partial charge on any atom is -0.0868 e. The third-order valence-corrected chi connectivity index (χ3v) is 12.3. The van der Waals surface area contributed by atoms with Crippen LogP contribution in [0.3, 0.4) is 0 Å². The Labute approximate surface area is 187 Å². The molecule has 0 aromatic carbocycles. The molecule has 0 unspecified atom stereocenters. The molecule has 0 bridgehead atoms. The zero-order valence-corrected chi connectivity index (χ0v) is 21.3. The van der Waals surface area contributed by atoms with E-state index in [0.29, 0.717) is 27.1 Å². The maximum atomic E-state index is 2.76. The van der Waals surface area contributed by atoms with Crippen LogP contribution in [0.25, 0.3) is 0 Å². The Hall–Kier alpha value is -0.520. The van der Waals surface area contributed by atoms with Gasteiger partial charge in [-0.2, -0.15) is 0 Å². The molecule has 0 heteroatoms. The van der Waals surface area contributed by atoms with Crippen molar-refractivity contribution in [3.63, 3.8) is 0 Å². The normalized spacial score (nSPS) is 53.6. The van der Waals surface area contributed by atoms with Crippen LogP contribution in [0, 0.1) is 50.2 Å². The van der Waals surface area contributed by atoms with Crippen LogP contribution < -0.4 is 0 Å². The molecule has 7 atom stereocenters. The fraction of sp³-hybridized carbons (Fsp3) is 0.867. The van der Waals surface area contributed by atoms with Gasteiger partial charge in [-0.15, -0.1) is 0 Å². The molecule has 0 spiro atoms. The van der Waals surface area contributed by atoms with Gasteiger partial charge in [0.25, 0.3) is 0 Å². The second kappa shape index (κ2) is 6.08. The van der Waals surface area contributed by atoms with Gasteiger partial charge >= 0.3 is 0 Å². The fourth-order valence-corrected chi connectivity index (χ4v) is 10.2. The highest BCUT2D eigenvalue weighted by molar-refractivity contribution is 5.37. The Morgan fingerprint density at radius 2 is 1.43 bits per heavy atom. The quantitative estimate of drug-likeness (QED) is 0.351. The predicted octanol–water partition coefficient (Wildman–Crippen LogP) is 8.97. The summed E-state index contributed by atoms with van der Waals surface area (Å²) < 4.78 is 0. The molecular weight excluding hydrogens is 360 g/mol. The Balaban J connectivity index is 1.57. The van der Waals surface area contributed by atoms with Gasteiger partial charge in [0.15, 0.2) is 0 Å². The van der Waals surface area contributed by atoms with Crippen molar-refractivity contribution in [1.29, 1.82) is 0 Å². The van der Waals surface area contributed by atoms with E-state index < -0.39 is 0 Å². The number of hydrogen-bond acceptors (Lipinski definition) is 0. The summed E-state index contributed by atoms with van der Waals surface area (Å²) in [7, 11) is 0. The molecule has 5 aliphatic rings. The van der Waals surface area contributed by atoms with E-state index in [2.05, 4.69) is 73.6 Å². The molecule has 0 heterocycles. The van der Waals surface area contributed by atoms with Crippen molar-refractivity contribution in [1.82, 2.24) is 0 Å². The first-order valence-corrected chi connectivity index (χ1v) is 13.2. The molecule has 5 rings (SSSR count). The van der Waals surface area contributed by atoms with Gasteiger partial charge in [0, 0.05) is 5.41 Å². The van der Waals surface area contributed by atoms with Crippen LogP contribution in [-0.2, 0) is 0 Å². The molecule has 5 aliphatic carbocycles. The molecule has 3 saturated carbocycles. The van der Waals surface area contributed by atoms with E-state index in [4.69, 9.17) is 0 Å². The van der Waals surface area contributed by atoms with Gasteiger partial charge < -0.3 is 0 Å². The lowest BCUT2D eigenvalue weighted by atomic mass is 9.33. The first-order chi connectivity index (χ1) is 13.8. The van der Waals surface area contributed by atoms with Crippen LogP contribution >= 0.6 is 0 Å². The molecule has 0 amide bonds. The summed E-state index contributed by atoms with van der Waals surface area (Å²) in [4.78, 5) is 0. The second-order valence-electron chi connectivity index (χ2n) is 14.8. The SMILES string of the molecule is CC1(C)CC[C@]2(C)CC[C@]3(C)[C@H](CC[C@@H]4[C@@]5(C)CC=CC(C)(C)C5=CC[C@]43C)[C@H]2C1. The highest BCUT2D eigenvalue weighted by Crippen LogP contribution is 2.75. The highest BCUT2D eigenvalue weighted by Gasteiger charge is 2.67. The molecule has 3 fully saturated rings. The van der Waals surface area contributed by atoms with Crippen molar-refractivity contribution in [2.45, 2.75) is 113 Å². The molecule has 0 radical (unpaired) electrons. The van der Waals surface area contributed by atoms with Crippen molar-refractivity contribution < 1.29 is 0 Å². The minimum absolute atomic E-state index is 0.241. The Kier molecular flexibility index (Phi) is 4.32. The van der Waals surface area contributed by atoms with Crippen LogP contribution in [0.2, 0.25) is 0 Å². The van der Waals surface area contributed by atoms with Crippen molar-refractivity contribution in [2.75, 3.05) is 0 Å². The average molecular weight is 409 g/mol. The highest BCUT2D eigenvalue weighted by atomic mass is 14.7. The molecule has 0 aromatic rings. The zero-order valence-electron chi connectivity index (χ0n) is 21.3. The summed E-state index contributed by atoms with van der Waals surface area (Å²) >= 11 is 0. The summed E-state index contributed by atoms with van der Waals surface area (Å²) in [5, 5.41) is 0. The third-order valence-electron chi connectivity index (χ3n) is 12.3. The van der Waals surface area contributed by atoms with E-state index in [0.717, 1.165) is 17.8 Å². The molecule has 168 valence electrons. The second-order valence-corrected chi connectivity index (χ2v) is 14.8. The van der Waals surface area contributed by atoms with E-state index in [-0.39, 0.29) is 5.41 Å². The molecule has 30 heavy (non-hydrogen) atoms. The molecule has 0 nitrogen and oxygen atoms in total. The Morgan fingerprint density at radius 1 is 0.733 bits per heavy atom. The van der Waals surface area contributed by atoms with E-state index in [1.807, 2.05) is 0 Å². The average Bonchev–Trinajstić information content (AvgIpc) is 2.63. The zero-order chi connectivity index (χ0) is 21.8. The number of allylic oxidation sites excluding steroid dienone is 4. The first kappa shape index (κ1) is 21.3. The maximum Gasteiger partial charge on any atom is 0.00399 e. The van der Waals surface area contributed by atoms with Gasteiger partial charge in [0.05, 0.1) is 0 Å². The maximum absolute atomic E-state index is 2.76. The fourth-order valence-electron chi connectivity index (χ4n) is 10.2. The number of fused-ring (bicyclic) bond motifs is 7. The van der Waals surface area contributed by atoms with E-state index >= 15 is 0 Å². The van der Waals surface area contributed by atoms with Gasteiger partial charge in [0.1, 0.15) is 0 Å². The Morgan fingerprint density at radius 3 is 2.17 bits per heavy atom. The smallest absolute Gasteiger partial charge is 0.00399 e. The lowest BCUT2D eigenvalue weighted by Gasteiger charge is -2.71. The topological polar surface area (TPSA) is 0 Å².